The summed E-state index contributed by atoms with van der Waals surface area (Å²) in [6.45, 7) is 4.77. The molecule has 4 rings (SSSR count). The first-order valence-electron chi connectivity index (χ1n) is 8.68. The summed E-state index contributed by atoms with van der Waals surface area (Å²) in [6.07, 6.45) is 2.76. The molecule has 7 heteroatoms. The Hall–Kier alpha value is -1.15. The van der Waals surface area contributed by atoms with Crippen molar-refractivity contribution >= 4 is 10.0 Å². The molecule has 0 radical (unpaired) electrons. The number of morpholine rings is 1. The number of nitrogens with zero attached hydrogens (tertiary/aromatic N) is 2. The molecule has 2 saturated heterocycles. The van der Waals surface area contributed by atoms with Crippen molar-refractivity contribution < 1.29 is 17.9 Å². The van der Waals surface area contributed by atoms with Crippen LogP contribution in [0.2, 0.25) is 0 Å². The van der Waals surface area contributed by atoms with E-state index in [0.29, 0.717) is 43.8 Å². The molecule has 2 unspecified atom stereocenters. The Bertz CT molecular complexity index is 666. The average molecular weight is 352 g/mol. The summed E-state index contributed by atoms with van der Waals surface area (Å²) in [7, 11) is -3.42. The molecule has 1 aromatic carbocycles. The van der Waals surface area contributed by atoms with Crippen molar-refractivity contribution in [3.63, 3.8) is 0 Å². The van der Waals surface area contributed by atoms with Crippen LogP contribution < -0.4 is 4.74 Å². The molecule has 0 aromatic heterocycles. The Kier molecular flexibility index (Phi) is 4.51. The topological polar surface area (TPSA) is 58.9 Å². The summed E-state index contributed by atoms with van der Waals surface area (Å²) in [4.78, 5) is 2.77. The van der Waals surface area contributed by atoms with E-state index in [0.717, 1.165) is 18.2 Å². The second-order valence-corrected chi connectivity index (χ2v) is 8.79. The SMILES string of the molecule is O=S(=O)(c1ccc(OCC2CN2CC2CC2)cc1)N1CCOCC1. The van der Waals surface area contributed by atoms with Gasteiger partial charge in [0.05, 0.1) is 24.2 Å². The first-order valence-corrected chi connectivity index (χ1v) is 10.1. The van der Waals surface area contributed by atoms with Gasteiger partial charge in [0, 0.05) is 26.2 Å². The maximum Gasteiger partial charge on any atom is 0.243 e. The predicted molar refractivity (Wildman–Crippen MR) is 89.6 cm³/mol. The molecule has 24 heavy (non-hydrogen) atoms. The van der Waals surface area contributed by atoms with Crippen molar-refractivity contribution in [1.29, 1.82) is 0 Å². The first kappa shape index (κ1) is 16.3. The molecule has 0 spiro atoms. The highest BCUT2D eigenvalue weighted by molar-refractivity contribution is 7.89. The molecule has 2 aliphatic heterocycles. The highest BCUT2D eigenvalue weighted by Crippen LogP contribution is 2.33. The maximum absolute atomic E-state index is 12.5. The minimum atomic E-state index is -3.42. The third-order valence-corrected chi connectivity index (χ3v) is 6.80. The van der Waals surface area contributed by atoms with Gasteiger partial charge in [0.15, 0.2) is 0 Å². The minimum absolute atomic E-state index is 0.318. The fraction of sp³-hybridized carbons (Fsp3) is 0.647. The van der Waals surface area contributed by atoms with Gasteiger partial charge in [0.2, 0.25) is 10.0 Å². The van der Waals surface area contributed by atoms with Crippen LogP contribution in [0.1, 0.15) is 12.8 Å². The lowest BCUT2D eigenvalue weighted by Crippen LogP contribution is -2.40. The van der Waals surface area contributed by atoms with Gasteiger partial charge < -0.3 is 9.47 Å². The van der Waals surface area contributed by atoms with Crippen LogP contribution in [-0.4, -0.2) is 69.7 Å². The number of sulfonamides is 1. The standard InChI is InChI=1S/C17H24N2O4S/c20-24(21,19-7-9-22-10-8-19)17-5-3-16(4-6-17)23-13-15-12-18(15)11-14-1-2-14/h3-6,14-15H,1-2,7-13H2. The molecule has 2 atom stereocenters. The van der Waals surface area contributed by atoms with Gasteiger partial charge in [-0.05, 0) is 43.0 Å². The second-order valence-electron chi connectivity index (χ2n) is 6.85. The Morgan fingerprint density at radius 1 is 1.12 bits per heavy atom. The van der Waals surface area contributed by atoms with E-state index in [2.05, 4.69) is 4.90 Å². The lowest BCUT2D eigenvalue weighted by Gasteiger charge is -2.26. The highest BCUT2D eigenvalue weighted by Gasteiger charge is 2.38. The fourth-order valence-corrected chi connectivity index (χ4v) is 4.48. The van der Waals surface area contributed by atoms with Crippen LogP contribution in [0.3, 0.4) is 0 Å². The molecule has 132 valence electrons. The van der Waals surface area contributed by atoms with E-state index in [1.165, 1.54) is 23.7 Å². The lowest BCUT2D eigenvalue weighted by molar-refractivity contribution is 0.0730. The summed E-state index contributed by atoms with van der Waals surface area (Å²) in [6, 6.07) is 7.30. The molecule has 1 aromatic rings. The van der Waals surface area contributed by atoms with Gasteiger partial charge in [-0.15, -0.1) is 0 Å². The van der Waals surface area contributed by atoms with Crippen LogP contribution in [-0.2, 0) is 14.8 Å². The average Bonchev–Trinajstić information content (AvgIpc) is 3.53. The minimum Gasteiger partial charge on any atom is -0.492 e. The van der Waals surface area contributed by atoms with Crippen molar-refractivity contribution in [2.45, 2.75) is 23.8 Å². The molecule has 6 nitrogen and oxygen atoms in total. The third-order valence-electron chi connectivity index (χ3n) is 4.89. The Morgan fingerprint density at radius 3 is 2.50 bits per heavy atom. The van der Waals surface area contributed by atoms with E-state index in [4.69, 9.17) is 9.47 Å². The molecule has 0 bridgehead atoms. The zero-order valence-corrected chi connectivity index (χ0v) is 14.6. The van der Waals surface area contributed by atoms with E-state index in [-0.39, 0.29) is 0 Å². The van der Waals surface area contributed by atoms with Gasteiger partial charge in [-0.1, -0.05) is 0 Å². The van der Waals surface area contributed by atoms with E-state index in [1.54, 1.807) is 24.3 Å². The summed E-state index contributed by atoms with van der Waals surface area (Å²) >= 11 is 0. The predicted octanol–water partition coefficient (Wildman–Crippen LogP) is 1.18. The van der Waals surface area contributed by atoms with Crippen molar-refractivity contribution in [3.05, 3.63) is 24.3 Å². The summed E-state index contributed by atoms with van der Waals surface area (Å²) in [5.74, 6) is 1.65. The van der Waals surface area contributed by atoms with Crippen molar-refractivity contribution in [2.75, 3.05) is 46.0 Å². The largest absolute Gasteiger partial charge is 0.492 e. The summed E-state index contributed by atoms with van der Waals surface area (Å²) in [5, 5.41) is 0. The third kappa shape index (κ3) is 3.74. The molecule has 0 amide bonds. The molecule has 3 fully saturated rings. The Balaban J connectivity index is 1.31. The smallest absolute Gasteiger partial charge is 0.243 e. The van der Waals surface area contributed by atoms with Crippen molar-refractivity contribution in [3.8, 4) is 5.75 Å². The summed E-state index contributed by atoms with van der Waals surface area (Å²) in [5.41, 5.74) is 0. The van der Waals surface area contributed by atoms with Gasteiger partial charge in [-0.3, -0.25) is 4.90 Å². The molecule has 3 aliphatic rings. The van der Waals surface area contributed by atoms with Crippen LogP contribution in [0, 0.1) is 5.92 Å². The molecule has 0 N–H and O–H groups in total. The Labute approximate surface area is 143 Å². The van der Waals surface area contributed by atoms with Gasteiger partial charge in [0.25, 0.3) is 0 Å². The maximum atomic E-state index is 12.5. The van der Waals surface area contributed by atoms with E-state index in [9.17, 15) is 8.42 Å². The van der Waals surface area contributed by atoms with Gasteiger partial charge in [-0.25, -0.2) is 8.42 Å². The van der Waals surface area contributed by atoms with E-state index in [1.807, 2.05) is 0 Å². The number of hydrogen-bond acceptors (Lipinski definition) is 5. The molecule has 1 aliphatic carbocycles. The van der Waals surface area contributed by atoms with Gasteiger partial charge in [0.1, 0.15) is 12.4 Å². The molecular weight excluding hydrogens is 328 g/mol. The number of rotatable bonds is 7. The van der Waals surface area contributed by atoms with Crippen LogP contribution >= 0.6 is 0 Å². The van der Waals surface area contributed by atoms with Crippen molar-refractivity contribution in [2.24, 2.45) is 5.92 Å². The van der Waals surface area contributed by atoms with Crippen molar-refractivity contribution in [1.82, 2.24) is 9.21 Å². The zero-order valence-electron chi connectivity index (χ0n) is 13.8. The molecule has 2 heterocycles. The number of benzene rings is 1. The zero-order chi connectivity index (χ0) is 16.6. The second kappa shape index (κ2) is 6.63. The summed E-state index contributed by atoms with van der Waals surface area (Å²) < 4.78 is 37.6. The number of hydrogen-bond donors (Lipinski definition) is 0. The number of ether oxygens (including phenoxy) is 2. The quantitative estimate of drug-likeness (QED) is 0.690. The van der Waals surface area contributed by atoms with Crippen LogP contribution in [0.5, 0.6) is 5.75 Å². The van der Waals surface area contributed by atoms with Gasteiger partial charge >= 0.3 is 0 Å². The van der Waals surface area contributed by atoms with Crippen LogP contribution in [0.4, 0.5) is 0 Å². The van der Waals surface area contributed by atoms with E-state index >= 15 is 0 Å². The van der Waals surface area contributed by atoms with Crippen LogP contribution in [0.15, 0.2) is 29.2 Å². The fourth-order valence-electron chi connectivity index (χ4n) is 3.07. The van der Waals surface area contributed by atoms with Gasteiger partial charge in [-0.2, -0.15) is 4.31 Å². The van der Waals surface area contributed by atoms with Crippen LogP contribution in [0.25, 0.3) is 0 Å². The molecular formula is C17H24N2O4S. The normalized spacial score (nSPS) is 27.8. The Morgan fingerprint density at radius 2 is 1.83 bits per heavy atom. The van der Waals surface area contributed by atoms with E-state index < -0.39 is 10.0 Å². The lowest BCUT2D eigenvalue weighted by atomic mass is 10.3. The molecule has 1 saturated carbocycles. The highest BCUT2D eigenvalue weighted by atomic mass is 32.2. The first-order chi connectivity index (χ1) is 11.6. The monoisotopic (exact) mass is 352 g/mol.